The van der Waals surface area contributed by atoms with E-state index in [9.17, 15) is 4.39 Å². The van der Waals surface area contributed by atoms with Crippen LogP contribution in [-0.4, -0.2) is 12.1 Å². The fourth-order valence-electron chi connectivity index (χ4n) is 1.73. The lowest BCUT2D eigenvalue weighted by Crippen LogP contribution is -2.04. The van der Waals surface area contributed by atoms with Gasteiger partial charge in [-0.15, -0.1) is 0 Å². The van der Waals surface area contributed by atoms with Gasteiger partial charge in [-0.2, -0.15) is 0 Å². The first-order chi connectivity index (χ1) is 9.08. The number of pyridine rings is 1. The maximum Gasteiger partial charge on any atom is 0.125 e. The molecule has 0 bridgehead atoms. The molecule has 3 nitrogen and oxygen atoms in total. The first-order valence-electron chi connectivity index (χ1n) is 5.79. The van der Waals surface area contributed by atoms with Crippen molar-refractivity contribution in [1.82, 2.24) is 4.98 Å². The van der Waals surface area contributed by atoms with Crippen LogP contribution in [0.25, 0.3) is 0 Å². The number of nitrogens with zero attached hydrogens (tertiary/aromatic N) is 1. The van der Waals surface area contributed by atoms with Crippen molar-refractivity contribution < 1.29 is 9.13 Å². The van der Waals surface area contributed by atoms with E-state index >= 15 is 0 Å². The van der Waals surface area contributed by atoms with Crippen LogP contribution in [0.5, 0.6) is 5.75 Å². The van der Waals surface area contributed by atoms with Crippen molar-refractivity contribution in [2.45, 2.75) is 13.5 Å². The molecule has 0 saturated heterocycles. The zero-order valence-corrected chi connectivity index (χ0v) is 11.5. The molecule has 0 atom stereocenters. The van der Waals surface area contributed by atoms with Gasteiger partial charge in [-0.1, -0.05) is 11.6 Å². The highest BCUT2D eigenvalue weighted by Crippen LogP contribution is 2.23. The first-order valence-corrected chi connectivity index (χ1v) is 6.17. The van der Waals surface area contributed by atoms with Gasteiger partial charge in [-0.05, 0) is 25.1 Å². The van der Waals surface area contributed by atoms with Crippen molar-refractivity contribution in [2.24, 2.45) is 0 Å². The van der Waals surface area contributed by atoms with Crippen molar-refractivity contribution in [3.8, 4) is 5.75 Å². The summed E-state index contributed by atoms with van der Waals surface area (Å²) in [7, 11) is 1.61. The lowest BCUT2D eigenvalue weighted by molar-refractivity contribution is 0.413. The second kappa shape index (κ2) is 5.89. The smallest absolute Gasteiger partial charge is 0.125 e. The third-order valence-corrected chi connectivity index (χ3v) is 2.93. The Labute approximate surface area is 116 Å². The molecule has 0 unspecified atom stereocenters. The molecule has 0 spiro atoms. The molecule has 0 radical (unpaired) electrons. The van der Waals surface area contributed by atoms with Gasteiger partial charge in [0.05, 0.1) is 30.1 Å². The van der Waals surface area contributed by atoms with E-state index in [4.69, 9.17) is 16.3 Å². The molecule has 0 saturated carbocycles. The molecule has 2 rings (SSSR count). The van der Waals surface area contributed by atoms with Crippen molar-refractivity contribution in [3.05, 3.63) is 52.6 Å². The topological polar surface area (TPSA) is 34.1 Å². The Morgan fingerprint density at radius 3 is 2.84 bits per heavy atom. The largest absolute Gasteiger partial charge is 0.497 e. The standard InChI is InChI=1S/C14H14ClFN2O/c1-9-5-12(19-2)7-11(18-9)8-17-14-6-10(16)3-4-13(14)15/h3-7,17H,8H2,1-2H3. The van der Waals surface area contributed by atoms with Gasteiger partial charge in [0.1, 0.15) is 11.6 Å². The third-order valence-electron chi connectivity index (χ3n) is 2.60. The predicted molar refractivity (Wildman–Crippen MR) is 74.3 cm³/mol. The second-order valence-corrected chi connectivity index (χ2v) is 4.52. The lowest BCUT2D eigenvalue weighted by Gasteiger charge is -2.10. The van der Waals surface area contributed by atoms with Crippen molar-refractivity contribution in [2.75, 3.05) is 12.4 Å². The molecule has 0 fully saturated rings. The number of benzene rings is 1. The Morgan fingerprint density at radius 2 is 2.11 bits per heavy atom. The lowest BCUT2D eigenvalue weighted by atomic mass is 10.2. The molecule has 0 aliphatic rings. The van der Waals surface area contributed by atoms with Crippen molar-refractivity contribution in [1.29, 1.82) is 0 Å². The second-order valence-electron chi connectivity index (χ2n) is 4.12. The molecule has 1 aromatic heterocycles. The summed E-state index contributed by atoms with van der Waals surface area (Å²) in [6, 6.07) is 7.87. The van der Waals surface area contributed by atoms with Gasteiger partial charge in [0.15, 0.2) is 0 Å². The minimum Gasteiger partial charge on any atom is -0.497 e. The van der Waals surface area contributed by atoms with E-state index in [0.717, 1.165) is 17.1 Å². The van der Waals surface area contributed by atoms with Crippen LogP contribution in [0.1, 0.15) is 11.4 Å². The van der Waals surface area contributed by atoms with Crippen molar-refractivity contribution >= 4 is 17.3 Å². The summed E-state index contributed by atoms with van der Waals surface area (Å²) in [5.41, 5.74) is 2.21. The average Bonchev–Trinajstić information content (AvgIpc) is 2.39. The minimum absolute atomic E-state index is 0.332. The number of anilines is 1. The van der Waals surface area contributed by atoms with Crippen LogP contribution in [0.15, 0.2) is 30.3 Å². The van der Waals surface area contributed by atoms with E-state index in [1.54, 1.807) is 7.11 Å². The van der Waals surface area contributed by atoms with Crippen LogP contribution in [0, 0.1) is 12.7 Å². The number of methoxy groups -OCH3 is 1. The summed E-state index contributed by atoms with van der Waals surface area (Å²) in [6.07, 6.45) is 0. The molecule has 0 aliphatic carbocycles. The van der Waals surface area contributed by atoms with E-state index < -0.39 is 0 Å². The van der Waals surface area contributed by atoms with E-state index in [-0.39, 0.29) is 5.82 Å². The number of ether oxygens (including phenoxy) is 1. The highest BCUT2D eigenvalue weighted by atomic mass is 35.5. The van der Waals surface area contributed by atoms with Crippen LogP contribution >= 0.6 is 11.6 Å². The van der Waals surface area contributed by atoms with Crippen LogP contribution in [0.2, 0.25) is 5.02 Å². The normalized spacial score (nSPS) is 10.3. The summed E-state index contributed by atoms with van der Waals surface area (Å²) in [5.74, 6) is 0.413. The summed E-state index contributed by atoms with van der Waals surface area (Å²) in [5, 5.41) is 3.53. The molecule has 1 N–H and O–H groups in total. The van der Waals surface area contributed by atoms with E-state index in [2.05, 4.69) is 10.3 Å². The maximum atomic E-state index is 13.1. The van der Waals surface area contributed by atoms with Gasteiger partial charge < -0.3 is 10.1 Å². The summed E-state index contributed by atoms with van der Waals surface area (Å²) in [4.78, 5) is 4.37. The summed E-state index contributed by atoms with van der Waals surface area (Å²) >= 11 is 5.98. The zero-order valence-electron chi connectivity index (χ0n) is 10.7. The minimum atomic E-state index is -0.332. The SMILES string of the molecule is COc1cc(C)nc(CNc2cc(F)ccc2Cl)c1. The number of aryl methyl sites for hydroxylation is 1. The molecular formula is C14H14ClFN2O. The molecule has 19 heavy (non-hydrogen) atoms. The van der Waals surface area contributed by atoms with Crippen molar-refractivity contribution in [3.63, 3.8) is 0 Å². The highest BCUT2D eigenvalue weighted by molar-refractivity contribution is 6.33. The van der Waals surface area contributed by atoms with Gasteiger partial charge in [0.25, 0.3) is 0 Å². The molecule has 2 aromatic rings. The van der Waals surface area contributed by atoms with E-state index in [1.165, 1.54) is 18.2 Å². The predicted octanol–water partition coefficient (Wildman–Crippen LogP) is 3.80. The number of rotatable bonds is 4. The Bertz CT molecular complexity index is 590. The van der Waals surface area contributed by atoms with Gasteiger partial charge in [-0.25, -0.2) is 4.39 Å². The fraction of sp³-hybridized carbons (Fsp3) is 0.214. The van der Waals surface area contributed by atoms with Crippen LogP contribution in [0.3, 0.4) is 0 Å². The fourth-order valence-corrected chi connectivity index (χ4v) is 1.91. The van der Waals surface area contributed by atoms with Crippen LogP contribution < -0.4 is 10.1 Å². The maximum absolute atomic E-state index is 13.1. The number of halogens is 2. The quantitative estimate of drug-likeness (QED) is 0.925. The monoisotopic (exact) mass is 280 g/mol. The highest BCUT2D eigenvalue weighted by Gasteiger charge is 2.04. The van der Waals surface area contributed by atoms with E-state index in [0.29, 0.717) is 17.3 Å². The molecule has 0 aliphatic heterocycles. The number of hydrogen-bond acceptors (Lipinski definition) is 3. The summed E-state index contributed by atoms with van der Waals surface area (Å²) in [6.45, 7) is 2.34. The number of hydrogen-bond donors (Lipinski definition) is 1. The zero-order chi connectivity index (χ0) is 13.8. The van der Waals surface area contributed by atoms with E-state index in [1.807, 2.05) is 19.1 Å². The van der Waals surface area contributed by atoms with Crippen LogP contribution in [0.4, 0.5) is 10.1 Å². The van der Waals surface area contributed by atoms with Crippen LogP contribution in [-0.2, 0) is 6.54 Å². The Morgan fingerprint density at radius 1 is 1.32 bits per heavy atom. The third kappa shape index (κ3) is 3.58. The molecule has 1 aromatic carbocycles. The first kappa shape index (κ1) is 13.6. The molecule has 1 heterocycles. The molecule has 5 heteroatoms. The Balaban J connectivity index is 2.14. The molecular weight excluding hydrogens is 267 g/mol. The molecule has 100 valence electrons. The van der Waals surface area contributed by atoms with Gasteiger partial charge >= 0.3 is 0 Å². The number of aromatic nitrogens is 1. The molecule has 0 amide bonds. The van der Waals surface area contributed by atoms with Gasteiger partial charge in [0, 0.05) is 17.8 Å². The Kier molecular flexibility index (Phi) is 4.22. The summed E-state index contributed by atoms with van der Waals surface area (Å²) < 4.78 is 18.3. The van der Waals surface area contributed by atoms with Gasteiger partial charge in [0.2, 0.25) is 0 Å². The Hall–Kier alpha value is -1.81. The number of nitrogens with one attached hydrogen (secondary N) is 1. The average molecular weight is 281 g/mol. The van der Waals surface area contributed by atoms with Gasteiger partial charge in [-0.3, -0.25) is 4.98 Å².